The summed E-state index contributed by atoms with van der Waals surface area (Å²) >= 11 is 3.38. The van der Waals surface area contributed by atoms with Crippen molar-refractivity contribution < 1.29 is 11.0 Å². The predicted octanol–water partition coefficient (Wildman–Crippen LogP) is 2.43. The topological polar surface area (TPSA) is 88.8 Å². The van der Waals surface area contributed by atoms with Crippen LogP contribution in [0, 0.1) is 0 Å². The van der Waals surface area contributed by atoms with Crippen molar-refractivity contribution in [1.29, 1.82) is 0 Å². The summed E-state index contributed by atoms with van der Waals surface area (Å²) < 4.78 is 0. The summed E-state index contributed by atoms with van der Waals surface area (Å²) in [7, 11) is 0. The minimum atomic E-state index is 0. The molecule has 2 heterocycles. The number of aromatic nitrogens is 2. The summed E-state index contributed by atoms with van der Waals surface area (Å²) in [5.74, 6) is 0. The molecule has 0 fully saturated rings. The van der Waals surface area contributed by atoms with E-state index in [1.165, 1.54) is 4.90 Å². The van der Waals surface area contributed by atoms with E-state index >= 15 is 0 Å². The molecule has 19 heavy (non-hydrogen) atoms. The Morgan fingerprint density at radius 2 is 1.68 bits per heavy atom. The van der Waals surface area contributed by atoms with Crippen molar-refractivity contribution in [2.75, 3.05) is 6.26 Å². The van der Waals surface area contributed by atoms with Crippen LogP contribution in [0.25, 0.3) is 22.3 Å². The first-order valence-corrected chi connectivity index (χ1v) is 7.37. The third kappa shape index (κ3) is 3.10. The number of thiophene rings is 1. The van der Waals surface area contributed by atoms with E-state index in [0.717, 1.165) is 22.3 Å². The normalized spacial score (nSPS) is 9.74. The van der Waals surface area contributed by atoms with Crippen molar-refractivity contribution in [1.82, 2.24) is 9.97 Å². The summed E-state index contributed by atoms with van der Waals surface area (Å²) in [5, 5.41) is 4.05. The first-order chi connectivity index (χ1) is 8.36. The standard InChI is InChI=1S/C13H10N2S2.2H2O/c1-16-10-4-2-9(3-5-10)11-6-14-12-7-17-8-13(12)15-11;;/h2-8H,1H3;2*1H2. The van der Waals surface area contributed by atoms with Gasteiger partial charge in [0.2, 0.25) is 0 Å². The quantitative estimate of drug-likeness (QED) is 0.680. The third-order valence-electron chi connectivity index (χ3n) is 2.57. The van der Waals surface area contributed by atoms with Crippen molar-refractivity contribution in [2.45, 2.75) is 4.90 Å². The summed E-state index contributed by atoms with van der Waals surface area (Å²) in [6, 6.07) is 8.40. The molecule has 0 aliphatic heterocycles. The molecular formula is C13H14N2O2S2. The minimum absolute atomic E-state index is 0. The van der Waals surface area contributed by atoms with Gasteiger partial charge in [0.1, 0.15) is 5.52 Å². The Kier molecular flexibility index (Phi) is 5.44. The van der Waals surface area contributed by atoms with Crippen LogP contribution in [0.5, 0.6) is 0 Å². The molecule has 0 unspecified atom stereocenters. The highest BCUT2D eigenvalue weighted by molar-refractivity contribution is 7.98. The fourth-order valence-corrected chi connectivity index (χ4v) is 2.74. The second kappa shape index (κ2) is 6.63. The first kappa shape index (κ1) is 15.6. The van der Waals surface area contributed by atoms with Crippen molar-refractivity contribution in [3.63, 3.8) is 0 Å². The molecular weight excluding hydrogens is 280 g/mol. The van der Waals surface area contributed by atoms with Crippen LogP contribution in [0.4, 0.5) is 0 Å². The Balaban J connectivity index is 0.000000902. The van der Waals surface area contributed by atoms with Crippen LogP contribution in [0.2, 0.25) is 0 Å². The molecule has 6 heteroatoms. The molecule has 0 saturated carbocycles. The smallest absolute Gasteiger partial charge is 0.100 e. The van der Waals surface area contributed by atoms with Crippen LogP contribution in [-0.2, 0) is 0 Å². The molecule has 0 spiro atoms. The highest BCUT2D eigenvalue weighted by atomic mass is 32.2. The Bertz CT molecular complexity index is 653. The monoisotopic (exact) mass is 294 g/mol. The van der Waals surface area contributed by atoms with Crippen LogP contribution in [0.3, 0.4) is 0 Å². The maximum Gasteiger partial charge on any atom is 0.100 e. The van der Waals surface area contributed by atoms with E-state index in [4.69, 9.17) is 0 Å². The zero-order valence-corrected chi connectivity index (χ0v) is 11.9. The molecule has 0 bridgehead atoms. The van der Waals surface area contributed by atoms with Crippen LogP contribution in [0.15, 0.2) is 46.1 Å². The van der Waals surface area contributed by atoms with E-state index in [0.29, 0.717) is 0 Å². The van der Waals surface area contributed by atoms with E-state index in [1.807, 2.05) is 17.0 Å². The summed E-state index contributed by atoms with van der Waals surface area (Å²) in [6.45, 7) is 0. The van der Waals surface area contributed by atoms with E-state index in [2.05, 4.69) is 40.5 Å². The fourth-order valence-electron chi connectivity index (χ4n) is 1.65. The van der Waals surface area contributed by atoms with Gasteiger partial charge in [-0.25, -0.2) is 4.98 Å². The minimum Gasteiger partial charge on any atom is -0.412 e. The average Bonchev–Trinajstić information content (AvgIpc) is 2.86. The second-order valence-electron chi connectivity index (χ2n) is 3.63. The fraction of sp³-hybridized carbons (Fsp3) is 0.0769. The van der Waals surface area contributed by atoms with Gasteiger partial charge < -0.3 is 11.0 Å². The van der Waals surface area contributed by atoms with E-state index < -0.39 is 0 Å². The molecule has 0 amide bonds. The van der Waals surface area contributed by atoms with Crippen LogP contribution < -0.4 is 0 Å². The Morgan fingerprint density at radius 1 is 1.00 bits per heavy atom. The Hall–Kier alpha value is -1.47. The predicted molar refractivity (Wildman–Crippen MR) is 81.9 cm³/mol. The molecule has 0 radical (unpaired) electrons. The highest BCUT2D eigenvalue weighted by Crippen LogP contribution is 2.23. The largest absolute Gasteiger partial charge is 0.412 e. The highest BCUT2D eigenvalue weighted by Gasteiger charge is 2.03. The molecule has 100 valence electrons. The van der Waals surface area contributed by atoms with E-state index in [1.54, 1.807) is 23.1 Å². The van der Waals surface area contributed by atoms with Gasteiger partial charge >= 0.3 is 0 Å². The second-order valence-corrected chi connectivity index (χ2v) is 5.25. The van der Waals surface area contributed by atoms with Crippen molar-refractivity contribution in [3.05, 3.63) is 41.2 Å². The lowest BCUT2D eigenvalue weighted by Gasteiger charge is -2.01. The first-order valence-electron chi connectivity index (χ1n) is 5.20. The van der Waals surface area contributed by atoms with Gasteiger partial charge in [0, 0.05) is 21.2 Å². The zero-order valence-electron chi connectivity index (χ0n) is 10.3. The average molecular weight is 294 g/mol. The lowest BCUT2D eigenvalue weighted by atomic mass is 10.1. The number of hydrogen-bond donors (Lipinski definition) is 0. The Labute approximate surface area is 119 Å². The SMILES string of the molecule is CSc1ccc(-c2cnc3cscc3n2)cc1.O.O. The molecule has 0 saturated heterocycles. The van der Waals surface area contributed by atoms with Crippen molar-refractivity contribution >= 4 is 34.1 Å². The van der Waals surface area contributed by atoms with E-state index in [-0.39, 0.29) is 11.0 Å². The number of rotatable bonds is 2. The van der Waals surface area contributed by atoms with E-state index in [9.17, 15) is 0 Å². The van der Waals surface area contributed by atoms with Gasteiger partial charge in [-0.15, -0.1) is 23.1 Å². The van der Waals surface area contributed by atoms with Gasteiger partial charge in [-0.05, 0) is 18.4 Å². The molecule has 4 N–H and O–H groups in total. The number of benzene rings is 1. The molecule has 3 aromatic rings. The van der Waals surface area contributed by atoms with Crippen LogP contribution in [-0.4, -0.2) is 27.2 Å². The third-order valence-corrected chi connectivity index (χ3v) is 4.04. The number of thioether (sulfide) groups is 1. The van der Waals surface area contributed by atoms with Gasteiger partial charge in [0.25, 0.3) is 0 Å². The maximum absolute atomic E-state index is 4.60. The van der Waals surface area contributed by atoms with Crippen LogP contribution in [0.1, 0.15) is 0 Å². The lowest BCUT2D eigenvalue weighted by Crippen LogP contribution is -1.85. The molecule has 1 aromatic carbocycles. The maximum atomic E-state index is 4.60. The molecule has 2 aromatic heterocycles. The van der Waals surface area contributed by atoms with Gasteiger partial charge in [-0.2, -0.15) is 0 Å². The summed E-state index contributed by atoms with van der Waals surface area (Å²) in [4.78, 5) is 10.3. The molecule has 4 nitrogen and oxygen atoms in total. The number of fused-ring (bicyclic) bond motifs is 1. The molecule has 0 atom stereocenters. The van der Waals surface area contributed by atoms with Gasteiger partial charge in [-0.1, -0.05) is 12.1 Å². The van der Waals surface area contributed by atoms with Crippen LogP contribution >= 0.6 is 23.1 Å². The molecule has 0 aliphatic carbocycles. The zero-order chi connectivity index (χ0) is 11.7. The van der Waals surface area contributed by atoms with Gasteiger partial charge in [0.15, 0.2) is 0 Å². The molecule has 0 aliphatic rings. The molecule has 3 rings (SSSR count). The number of nitrogens with zero attached hydrogens (tertiary/aromatic N) is 2. The summed E-state index contributed by atoms with van der Waals surface area (Å²) in [6.07, 6.45) is 3.91. The van der Waals surface area contributed by atoms with Crippen molar-refractivity contribution in [2.24, 2.45) is 0 Å². The number of hydrogen-bond acceptors (Lipinski definition) is 4. The van der Waals surface area contributed by atoms with Gasteiger partial charge in [-0.3, -0.25) is 4.98 Å². The lowest BCUT2D eigenvalue weighted by molar-refractivity contribution is 0.823. The Morgan fingerprint density at radius 3 is 2.37 bits per heavy atom. The summed E-state index contributed by atoms with van der Waals surface area (Å²) in [5.41, 5.74) is 3.99. The van der Waals surface area contributed by atoms with Crippen molar-refractivity contribution in [3.8, 4) is 11.3 Å². The van der Waals surface area contributed by atoms with Gasteiger partial charge in [0.05, 0.1) is 17.4 Å².